The molecule has 128 valence electrons. The Morgan fingerprint density at radius 2 is 1.79 bits per heavy atom. The first-order valence-electron chi connectivity index (χ1n) is 6.88. The van der Waals surface area contributed by atoms with Gasteiger partial charge >= 0.3 is 5.97 Å². The molecule has 1 unspecified atom stereocenters. The molecule has 2 rings (SSSR count). The first-order valence-corrected chi connectivity index (χ1v) is 8.42. The van der Waals surface area contributed by atoms with E-state index in [-0.39, 0.29) is 10.7 Å². The summed E-state index contributed by atoms with van der Waals surface area (Å²) in [6.45, 7) is 3.08. The Morgan fingerprint density at radius 1 is 1.17 bits per heavy atom. The van der Waals surface area contributed by atoms with E-state index in [1.165, 1.54) is 37.3 Å². The molecular weight excluding hydrogens is 336 g/mol. The second-order valence-electron chi connectivity index (χ2n) is 5.02. The lowest BCUT2D eigenvalue weighted by Gasteiger charge is -2.13. The standard InChI is InChI=1S/C15H16N2O6S/c1-9-3-8-13(22-9)15(19)23-10(2)14(18)17-11-4-6-12(7-5-11)24(16,20)21/h3-8,10H,1-2H3,(H,17,18)(H2,16,20,21). The van der Waals surface area contributed by atoms with E-state index in [9.17, 15) is 18.0 Å². The number of hydrogen-bond donors (Lipinski definition) is 2. The highest BCUT2D eigenvalue weighted by Gasteiger charge is 2.21. The van der Waals surface area contributed by atoms with Crippen LogP contribution in [0.2, 0.25) is 0 Å². The Labute approximate surface area is 138 Å². The third-order valence-electron chi connectivity index (χ3n) is 3.04. The number of esters is 1. The summed E-state index contributed by atoms with van der Waals surface area (Å²) in [7, 11) is -3.80. The summed E-state index contributed by atoms with van der Waals surface area (Å²) in [5, 5.41) is 7.49. The Bertz CT molecular complexity index is 854. The van der Waals surface area contributed by atoms with Crippen LogP contribution in [0.4, 0.5) is 5.69 Å². The number of furan rings is 1. The summed E-state index contributed by atoms with van der Waals surface area (Å²) in [4.78, 5) is 23.7. The van der Waals surface area contributed by atoms with Gasteiger partial charge in [-0.05, 0) is 50.2 Å². The molecule has 1 heterocycles. The van der Waals surface area contributed by atoms with Gasteiger partial charge in [0.05, 0.1) is 4.90 Å². The van der Waals surface area contributed by atoms with Gasteiger partial charge in [-0.15, -0.1) is 0 Å². The summed E-state index contributed by atoms with van der Waals surface area (Å²) in [6, 6.07) is 8.33. The van der Waals surface area contributed by atoms with Crippen molar-refractivity contribution < 1.29 is 27.2 Å². The van der Waals surface area contributed by atoms with Crippen LogP contribution in [-0.4, -0.2) is 26.4 Å². The average Bonchev–Trinajstić information content (AvgIpc) is 2.93. The van der Waals surface area contributed by atoms with Gasteiger partial charge in [0.25, 0.3) is 5.91 Å². The molecule has 0 aliphatic rings. The molecule has 0 fully saturated rings. The molecule has 0 saturated heterocycles. The fourth-order valence-electron chi connectivity index (χ4n) is 1.79. The van der Waals surface area contributed by atoms with Crippen molar-refractivity contribution in [1.82, 2.24) is 0 Å². The molecule has 0 aliphatic heterocycles. The van der Waals surface area contributed by atoms with Crippen LogP contribution in [0.5, 0.6) is 0 Å². The molecule has 1 amide bonds. The third kappa shape index (κ3) is 4.43. The zero-order valence-electron chi connectivity index (χ0n) is 13.0. The number of nitrogens with one attached hydrogen (secondary N) is 1. The van der Waals surface area contributed by atoms with Crippen molar-refractivity contribution in [2.45, 2.75) is 24.8 Å². The van der Waals surface area contributed by atoms with Crippen molar-refractivity contribution in [2.24, 2.45) is 5.14 Å². The molecule has 1 aromatic heterocycles. The van der Waals surface area contributed by atoms with E-state index in [4.69, 9.17) is 14.3 Å². The number of nitrogens with two attached hydrogens (primary N) is 1. The van der Waals surface area contributed by atoms with Crippen LogP contribution in [0, 0.1) is 6.92 Å². The summed E-state index contributed by atoms with van der Waals surface area (Å²) in [5.41, 5.74) is 0.337. The third-order valence-corrected chi connectivity index (χ3v) is 3.97. The normalized spacial score (nSPS) is 12.5. The van der Waals surface area contributed by atoms with Crippen LogP contribution in [0.25, 0.3) is 0 Å². The first kappa shape index (κ1) is 17.7. The predicted octanol–water partition coefficient (Wildman–Crippen LogP) is 1.42. The lowest BCUT2D eigenvalue weighted by atomic mass is 10.3. The number of aryl methyl sites for hydroxylation is 1. The number of carbonyl (C=O) groups is 2. The number of benzene rings is 1. The molecule has 0 aliphatic carbocycles. The van der Waals surface area contributed by atoms with Crippen LogP contribution in [-0.2, 0) is 19.6 Å². The largest absolute Gasteiger partial charge is 0.454 e. The molecule has 0 saturated carbocycles. The van der Waals surface area contributed by atoms with Gasteiger partial charge in [0.1, 0.15) is 5.76 Å². The molecule has 0 radical (unpaired) electrons. The van der Waals surface area contributed by atoms with E-state index in [1.807, 2.05) is 0 Å². The van der Waals surface area contributed by atoms with Crippen LogP contribution in [0.15, 0.2) is 45.7 Å². The number of carbonyl (C=O) groups excluding carboxylic acids is 2. The lowest BCUT2D eigenvalue weighted by molar-refractivity contribution is -0.123. The number of anilines is 1. The van der Waals surface area contributed by atoms with Crippen molar-refractivity contribution in [3.63, 3.8) is 0 Å². The average molecular weight is 352 g/mol. The highest BCUT2D eigenvalue weighted by Crippen LogP contribution is 2.14. The number of ether oxygens (including phenoxy) is 1. The lowest BCUT2D eigenvalue weighted by Crippen LogP contribution is -2.29. The van der Waals surface area contributed by atoms with Crippen LogP contribution < -0.4 is 10.5 Å². The second kappa shape index (κ2) is 6.85. The molecule has 2 aromatic rings. The van der Waals surface area contributed by atoms with E-state index in [0.29, 0.717) is 11.4 Å². The number of primary sulfonamides is 1. The molecular formula is C15H16N2O6S. The maximum atomic E-state index is 12.0. The molecule has 1 atom stereocenters. The first-order chi connectivity index (χ1) is 11.2. The fourth-order valence-corrected chi connectivity index (χ4v) is 2.30. The zero-order valence-corrected chi connectivity index (χ0v) is 13.8. The van der Waals surface area contributed by atoms with Gasteiger partial charge in [0.15, 0.2) is 6.10 Å². The van der Waals surface area contributed by atoms with E-state index >= 15 is 0 Å². The van der Waals surface area contributed by atoms with E-state index < -0.39 is 28.0 Å². The Morgan fingerprint density at radius 3 is 2.29 bits per heavy atom. The SMILES string of the molecule is Cc1ccc(C(=O)OC(C)C(=O)Nc2ccc(S(N)(=O)=O)cc2)o1. The van der Waals surface area contributed by atoms with Crippen LogP contribution in [0.3, 0.4) is 0 Å². The van der Waals surface area contributed by atoms with Gasteiger partial charge in [-0.1, -0.05) is 0 Å². The van der Waals surface area contributed by atoms with Crippen molar-refractivity contribution in [1.29, 1.82) is 0 Å². The maximum absolute atomic E-state index is 12.0. The summed E-state index contributed by atoms with van der Waals surface area (Å²) in [5.74, 6) is -0.774. The van der Waals surface area contributed by atoms with Gasteiger partial charge in [0, 0.05) is 5.69 Å². The van der Waals surface area contributed by atoms with Crippen LogP contribution >= 0.6 is 0 Å². The van der Waals surface area contributed by atoms with Crippen molar-refractivity contribution in [3.05, 3.63) is 47.9 Å². The number of hydrogen-bond acceptors (Lipinski definition) is 6. The summed E-state index contributed by atoms with van der Waals surface area (Å²) in [6.07, 6.45) is -1.07. The smallest absolute Gasteiger partial charge is 0.375 e. The molecule has 0 spiro atoms. The van der Waals surface area contributed by atoms with E-state index in [2.05, 4.69) is 5.32 Å². The van der Waals surface area contributed by atoms with Gasteiger partial charge in [-0.2, -0.15) is 0 Å². The van der Waals surface area contributed by atoms with E-state index in [1.54, 1.807) is 13.0 Å². The molecule has 9 heteroatoms. The highest BCUT2D eigenvalue weighted by atomic mass is 32.2. The minimum absolute atomic E-state index is 0.00431. The zero-order chi connectivity index (χ0) is 17.9. The predicted molar refractivity (Wildman–Crippen MR) is 84.8 cm³/mol. The minimum atomic E-state index is -3.80. The Kier molecular flexibility index (Phi) is 5.05. The minimum Gasteiger partial charge on any atom is -0.454 e. The number of rotatable bonds is 5. The molecule has 1 aromatic carbocycles. The number of amides is 1. The van der Waals surface area contributed by atoms with Gasteiger partial charge < -0.3 is 14.5 Å². The van der Waals surface area contributed by atoms with E-state index in [0.717, 1.165) is 0 Å². The van der Waals surface area contributed by atoms with Gasteiger partial charge in [0.2, 0.25) is 15.8 Å². The Balaban J connectivity index is 1.97. The second-order valence-corrected chi connectivity index (χ2v) is 6.58. The van der Waals surface area contributed by atoms with Gasteiger partial charge in [-0.3, -0.25) is 4.79 Å². The quantitative estimate of drug-likeness (QED) is 0.783. The summed E-state index contributed by atoms with van der Waals surface area (Å²) < 4.78 is 32.4. The topological polar surface area (TPSA) is 129 Å². The molecule has 3 N–H and O–H groups in total. The van der Waals surface area contributed by atoms with Crippen molar-refractivity contribution in [2.75, 3.05) is 5.32 Å². The maximum Gasteiger partial charge on any atom is 0.375 e. The van der Waals surface area contributed by atoms with Gasteiger partial charge in [-0.25, -0.2) is 18.4 Å². The molecule has 24 heavy (non-hydrogen) atoms. The van der Waals surface area contributed by atoms with Crippen molar-refractivity contribution >= 4 is 27.6 Å². The fraction of sp³-hybridized carbons (Fsp3) is 0.200. The molecule has 0 bridgehead atoms. The number of sulfonamides is 1. The molecule has 8 nitrogen and oxygen atoms in total. The monoisotopic (exact) mass is 352 g/mol. The summed E-state index contributed by atoms with van der Waals surface area (Å²) >= 11 is 0. The Hall–Kier alpha value is -2.65. The highest BCUT2D eigenvalue weighted by molar-refractivity contribution is 7.89. The van der Waals surface area contributed by atoms with Crippen LogP contribution in [0.1, 0.15) is 23.2 Å². The van der Waals surface area contributed by atoms with Crippen molar-refractivity contribution in [3.8, 4) is 0 Å².